The molecule has 0 spiro atoms. The third-order valence-electron chi connectivity index (χ3n) is 1.96. The van der Waals surface area contributed by atoms with Crippen LogP contribution in [0.3, 0.4) is 0 Å². The molecular weight excluding hydrogens is 164 g/mol. The van der Waals surface area contributed by atoms with Crippen molar-refractivity contribution in [2.45, 2.75) is 20.8 Å². The molecule has 1 aromatic carbocycles. The Morgan fingerprint density at radius 1 is 1.38 bits per heavy atom. The molecule has 0 aliphatic rings. The Kier molecular flexibility index (Phi) is 2.88. The third kappa shape index (κ3) is 2.20. The van der Waals surface area contributed by atoms with Gasteiger partial charge in [0.15, 0.2) is 11.7 Å². The second kappa shape index (κ2) is 3.92. The van der Waals surface area contributed by atoms with Crippen LogP contribution in [0.5, 0.6) is 5.75 Å². The molecule has 0 bridgehead atoms. The second-order valence-corrected chi connectivity index (χ2v) is 2.96. The molecule has 2 heteroatoms. The number of hydrogen-bond donors (Lipinski definition) is 0. The van der Waals surface area contributed by atoms with E-state index in [1.54, 1.807) is 12.9 Å². The van der Waals surface area contributed by atoms with Crippen molar-refractivity contribution in [1.82, 2.24) is 0 Å². The van der Waals surface area contributed by atoms with Gasteiger partial charge in [0.2, 0.25) is 0 Å². The summed E-state index contributed by atoms with van der Waals surface area (Å²) in [6.45, 7) is 5.56. The molecule has 0 aromatic heterocycles. The molecule has 0 aliphatic carbocycles. The molecule has 13 heavy (non-hydrogen) atoms. The van der Waals surface area contributed by atoms with Gasteiger partial charge in [0.25, 0.3) is 0 Å². The molecular formula is C11H12O2. The van der Waals surface area contributed by atoms with Gasteiger partial charge in [0.05, 0.1) is 0 Å². The first kappa shape index (κ1) is 9.56. The van der Waals surface area contributed by atoms with Crippen molar-refractivity contribution >= 4 is 5.94 Å². The van der Waals surface area contributed by atoms with Gasteiger partial charge in [-0.3, -0.25) is 0 Å². The number of ether oxygens (including phenoxy) is 1. The van der Waals surface area contributed by atoms with Crippen LogP contribution in [0.25, 0.3) is 0 Å². The number of benzene rings is 1. The van der Waals surface area contributed by atoms with Crippen molar-refractivity contribution in [2.24, 2.45) is 0 Å². The third-order valence-corrected chi connectivity index (χ3v) is 1.96. The second-order valence-electron chi connectivity index (χ2n) is 2.96. The molecule has 0 fully saturated rings. The summed E-state index contributed by atoms with van der Waals surface area (Å²) in [7, 11) is 0. The summed E-state index contributed by atoms with van der Waals surface area (Å²) < 4.78 is 5.27. The minimum Gasteiger partial charge on any atom is -0.450 e. The van der Waals surface area contributed by atoms with Gasteiger partial charge in [-0.25, -0.2) is 4.79 Å². The van der Waals surface area contributed by atoms with Crippen LogP contribution in [0, 0.1) is 13.8 Å². The van der Waals surface area contributed by atoms with Crippen molar-refractivity contribution in [3.63, 3.8) is 0 Å². The number of carbonyl (C=O) groups excluding carboxylic acids is 1. The Hall–Kier alpha value is -1.53. The predicted molar refractivity (Wildman–Crippen MR) is 51.4 cm³/mol. The van der Waals surface area contributed by atoms with Gasteiger partial charge >= 0.3 is 0 Å². The van der Waals surface area contributed by atoms with E-state index in [4.69, 9.17) is 4.74 Å². The molecule has 0 heterocycles. The molecule has 68 valence electrons. The number of aryl methyl sites for hydroxylation is 1. The molecule has 0 saturated heterocycles. The number of rotatable bonds is 2. The summed E-state index contributed by atoms with van der Waals surface area (Å²) >= 11 is 0. The quantitative estimate of drug-likeness (QED) is 0.511. The Morgan fingerprint density at radius 2 is 2.08 bits per heavy atom. The lowest BCUT2D eigenvalue weighted by Crippen LogP contribution is -1.94. The van der Waals surface area contributed by atoms with Crippen LogP contribution in [-0.2, 0) is 4.79 Å². The smallest absolute Gasteiger partial charge is 0.184 e. The molecule has 0 N–H and O–H groups in total. The average molecular weight is 176 g/mol. The van der Waals surface area contributed by atoms with Crippen LogP contribution in [-0.4, -0.2) is 5.94 Å². The van der Waals surface area contributed by atoms with Crippen LogP contribution < -0.4 is 4.74 Å². The highest BCUT2D eigenvalue weighted by Crippen LogP contribution is 2.21. The fourth-order valence-corrected chi connectivity index (χ4v) is 1.02. The van der Waals surface area contributed by atoms with Crippen LogP contribution in [0.2, 0.25) is 0 Å². The van der Waals surface area contributed by atoms with Crippen LogP contribution in [0.4, 0.5) is 0 Å². The van der Waals surface area contributed by atoms with Gasteiger partial charge in [-0.15, -0.1) is 0 Å². The van der Waals surface area contributed by atoms with E-state index >= 15 is 0 Å². The topological polar surface area (TPSA) is 26.3 Å². The molecule has 0 atom stereocenters. The maximum Gasteiger partial charge on any atom is 0.184 e. The zero-order chi connectivity index (χ0) is 9.84. The van der Waals surface area contributed by atoms with E-state index in [1.165, 1.54) is 0 Å². The Balaban J connectivity index is 3.02. The van der Waals surface area contributed by atoms with E-state index in [1.807, 2.05) is 32.0 Å². The zero-order valence-corrected chi connectivity index (χ0v) is 8.05. The Labute approximate surface area is 77.8 Å². The monoisotopic (exact) mass is 176 g/mol. The molecule has 2 nitrogen and oxygen atoms in total. The summed E-state index contributed by atoms with van der Waals surface area (Å²) in [5.74, 6) is 2.69. The summed E-state index contributed by atoms with van der Waals surface area (Å²) in [5.41, 5.74) is 2.20. The van der Waals surface area contributed by atoms with Crippen molar-refractivity contribution < 1.29 is 9.53 Å². The van der Waals surface area contributed by atoms with Gasteiger partial charge in [-0.1, -0.05) is 12.1 Å². The SMILES string of the molecule is CC(=C=O)Oc1cccc(C)c1C. The van der Waals surface area contributed by atoms with E-state index in [0.717, 1.165) is 16.9 Å². The Morgan fingerprint density at radius 3 is 2.69 bits per heavy atom. The standard InChI is InChI=1S/C11H12O2/c1-8-5-4-6-11(10(8)3)13-9(2)7-12/h4-6H,1-3H3. The van der Waals surface area contributed by atoms with E-state index in [9.17, 15) is 4.79 Å². The van der Waals surface area contributed by atoms with Crippen molar-refractivity contribution in [2.75, 3.05) is 0 Å². The van der Waals surface area contributed by atoms with Crippen molar-refractivity contribution in [1.29, 1.82) is 0 Å². The van der Waals surface area contributed by atoms with Crippen LogP contribution >= 0.6 is 0 Å². The van der Waals surface area contributed by atoms with E-state index < -0.39 is 0 Å². The van der Waals surface area contributed by atoms with E-state index in [0.29, 0.717) is 0 Å². The number of allylic oxidation sites excluding steroid dienone is 1. The minimum atomic E-state index is 0.258. The van der Waals surface area contributed by atoms with Crippen LogP contribution in [0.1, 0.15) is 18.1 Å². The summed E-state index contributed by atoms with van der Waals surface area (Å²) in [5, 5.41) is 0. The van der Waals surface area contributed by atoms with Gasteiger partial charge in [0, 0.05) is 6.92 Å². The molecule has 0 unspecified atom stereocenters. The van der Waals surface area contributed by atoms with Crippen molar-refractivity contribution in [3.05, 3.63) is 35.1 Å². The fourth-order valence-electron chi connectivity index (χ4n) is 1.02. The fraction of sp³-hybridized carbons (Fsp3) is 0.273. The largest absolute Gasteiger partial charge is 0.450 e. The van der Waals surface area contributed by atoms with Gasteiger partial charge < -0.3 is 4.74 Å². The lowest BCUT2D eigenvalue weighted by molar-refractivity contribution is 0.423. The maximum absolute atomic E-state index is 10.2. The maximum atomic E-state index is 10.2. The first-order valence-electron chi connectivity index (χ1n) is 4.11. The number of hydrogen-bond acceptors (Lipinski definition) is 2. The lowest BCUT2D eigenvalue weighted by atomic mass is 10.1. The molecule has 1 aromatic rings. The molecule has 0 aliphatic heterocycles. The summed E-state index contributed by atoms with van der Waals surface area (Å²) in [6.07, 6.45) is 0. The molecule has 0 saturated carbocycles. The van der Waals surface area contributed by atoms with E-state index in [2.05, 4.69) is 0 Å². The average Bonchev–Trinajstić information content (AvgIpc) is 2.13. The van der Waals surface area contributed by atoms with Crippen LogP contribution in [0.15, 0.2) is 24.0 Å². The highest BCUT2D eigenvalue weighted by atomic mass is 16.5. The molecule has 0 amide bonds. The molecule has 0 radical (unpaired) electrons. The zero-order valence-electron chi connectivity index (χ0n) is 8.05. The highest BCUT2D eigenvalue weighted by molar-refractivity contribution is 5.50. The predicted octanol–water partition coefficient (Wildman–Crippen LogP) is 2.42. The van der Waals surface area contributed by atoms with Gasteiger partial charge in [-0.2, -0.15) is 0 Å². The first-order valence-corrected chi connectivity index (χ1v) is 4.11. The summed E-state index contributed by atoms with van der Waals surface area (Å²) in [6, 6.07) is 5.74. The summed E-state index contributed by atoms with van der Waals surface area (Å²) in [4.78, 5) is 10.2. The van der Waals surface area contributed by atoms with Crippen molar-refractivity contribution in [3.8, 4) is 5.75 Å². The Bertz CT molecular complexity index is 360. The normalized spacial score (nSPS) is 9.15. The molecule has 1 rings (SSSR count). The lowest BCUT2D eigenvalue weighted by Gasteiger charge is -2.07. The highest BCUT2D eigenvalue weighted by Gasteiger charge is 2.02. The van der Waals surface area contributed by atoms with Gasteiger partial charge in [0.1, 0.15) is 5.75 Å². The van der Waals surface area contributed by atoms with Gasteiger partial charge in [-0.05, 0) is 31.0 Å². The van der Waals surface area contributed by atoms with E-state index in [-0.39, 0.29) is 5.76 Å². The first-order chi connectivity index (χ1) is 6.15. The minimum absolute atomic E-state index is 0.258.